The van der Waals surface area contributed by atoms with Gasteiger partial charge in [-0.3, -0.25) is 0 Å². The number of aryl methyl sites for hydroxylation is 3. The van der Waals surface area contributed by atoms with Crippen LogP contribution in [-0.2, 0) is 6.42 Å². The summed E-state index contributed by atoms with van der Waals surface area (Å²) < 4.78 is 0. The molecular formula is C19H24N4OS. The Morgan fingerprint density at radius 1 is 1.20 bits per heavy atom. The van der Waals surface area contributed by atoms with Crippen LogP contribution in [0, 0.1) is 20.8 Å². The topological polar surface area (TPSA) is 60.8 Å². The van der Waals surface area contributed by atoms with Crippen molar-refractivity contribution in [1.82, 2.24) is 9.88 Å². The molecule has 1 aromatic carbocycles. The van der Waals surface area contributed by atoms with Gasteiger partial charge in [0, 0.05) is 36.8 Å². The molecule has 3 rings (SSSR count). The molecule has 0 aliphatic carbocycles. The molecule has 0 saturated carbocycles. The number of nitrogens with one attached hydrogen (secondary N) is 1. The van der Waals surface area contributed by atoms with Crippen molar-refractivity contribution in [2.24, 2.45) is 4.99 Å². The van der Waals surface area contributed by atoms with Crippen LogP contribution < -0.4 is 5.32 Å². The van der Waals surface area contributed by atoms with Crippen LogP contribution in [0.25, 0.3) is 0 Å². The zero-order chi connectivity index (χ0) is 18.0. The van der Waals surface area contributed by atoms with Gasteiger partial charge in [-0.25, -0.2) is 9.98 Å². The molecule has 1 aromatic heterocycles. The monoisotopic (exact) mass is 356 g/mol. The number of anilines is 1. The summed E-state index contributed by atoms with van der Waals surface area (Å²) >= 11 is 1.61. The number of nitrogens with zero attached hydrogens (tertiary/aromatic N) is 3. The Labute approximate surface area is 152 Å². The van der Waals surface area contributed by atoms with E-state index < -0.39 is 0 Å². The van der Waals surface area contributed by atoms with E-state index in [1.807, 2.05) is 31.1 Å². The quantitative estimate of drug-likeness (QED) is 0.863. The fourth-order valence-electron chi connectivity index (χ4n) is 2.87. The van der Waals surface area contributed by atoms with Crippen molar-refractivity contribution in [3.05, 3.63) is 57.2 Å². The van der Waals surface area contributed by atoms with Gasteiger partial charge >= 0.3 is 0 Å². The van der Waals surface area contributed by atoms with E-state index in [9.17, 15) is 0 Å². The van der Waals surface area contributed by atoms with E-state index in [2.05, 4.69) is 42.3 Å². The molecule has 2 heterocycles. The molecule has 0 radical (unpaired) electrons. The van der Waals surface area contributed by atoms with E-state index >= 15 is 0 Å². The van der Waals surface area contributed by atoms with Crippen molar-refractivity contribution < 1.29 is 5.11 Å². The van der Waals surface area contributed by atoms with Gasteiger partial charge in [-0.15, -0.1) is 11.3 Å². The van der Waals surface area contributed by atoms with E-state index in [1.54, 1.807) is 11.3 Å². The summed E-state index contributed by atoms with van der Waals surface area (Å²) in [6.07, 6.45) is 4.47. The number of hydrogen-bond acceptors (Lipinski definition) is 6. The third kappa shape index (κ3) is 4.08. The number of rotatable bonds is 5. The van der Waals surface area contributed by atoms with Gasteiger partial charge in [0.05, 0.1) is 11.4 Å². The molecular weight excluding hydrogens is 332 g/mol. The average Bonchev–Trinajstić information content (AvgIpc) is 2.90. The van der Waals surface area contributed by atoms with E-state index in [4.69, 9.17) is 10.1 Å². The fraction of sp³-hybridized carbons (Fsp3) is 0.368. The first-order chi connectivity index (χ1) is 12.0. The molecule has 0 spiro atoms. The van der Waals surface area contributed by atoms with E-state index in [-0.39, 0.29) is 12.9 Å². The lowest BCUT2D eigenvalue weighted by Crippen LogP contribution is -2.36. The average molecular weight is 356 g/mol. The molecule has 132 valence electrons. The Morgan fingerprint density at radius 3 is 2.60 bits per heavy atom. The molecule has 0 bridgehead atoms. The molecule has 1 aliphatic heterocycles. The minimum atomic E-state index is -0.174. The molecule has 2 N–H and O–H groups in total. The summed E-state index contributed by atoms with van der Waals surface area (Å²) in [7, 11) is 2.00. The summed E-state index contributed by atoms with van der Waals surface area (Å²) in [4.78, 5) is 12.6. The highest BCUT2D eigenvalue weighted by molar-refractivity contribution is 7.14. The number of aliphatic hydroxyl groups is 1. The number of allylic oxidation sites excluding steroid dienone is 1. The number of aromatic nitrogens is 1. The van der Waals surface area contributed by atoms with Crippen molar-refractivity contribution in [2.45, 2.75) is 33.5 Å². The maximum Gasteiger partial charge on any atom is 0.196 e. The normalized spacial score (nSPS) is 16.9. The Balaban J connectivity index is 1.85. The van der Waals surface area contributed by atoms with Gasteiger partial charge in [0.15, 0.2) is 6.29 Å². The van der Waals surface area contributed by atoms with Crippen molar-refractivity contribution in [2.75, 3.05) is 19.0 Å². The highest BCUT2D eigenvalue weighted by Gasteiger charge is 2.19. The number of aliphatic hydroxyl groups excluding tert-OH is 1. The highest BCUT2D eigenvalue weighted by Crippen LogP contribution is 2.23. The van der Waals surface area contributed by atoms with Crippen LogP contribution in [0.4, 0.5) is 5.69 Å². The van der Waals surface area contributed by atoms with Crippen LogP contribution in [0.3, 0.4) is 0 Å². The standard InChI is InChI=1S/C19H24N4OS/c1-12-9-13(2)11-15(10-12)21-19-22-16(5-7-23(19)4)18-20-14(3)17(25-18)6-8-24/h5,7,9-11,19,21,24H,6,8H2,1-4H3. The van der Waals surface area contributed by atoms with Gasteiger partial charge in [0.1, 0.15) is 5.01 Å². The van der Waals surface area contributed by atoms with Gasteiger partial charge in [-0.1, -0.05) is 6.07 Å². The first-order valence-electron chi connectivity index (χ1n) is 8.36. The highest BCUT2D eigenvalue weighted by atomic mass is 32.1. The Bertz CT molecular complexity index is 805. The van der Waals surface area contributed by atoms with Crippen LogP contribution in [-0.4, -0.2) is 40.6 Å². The molecule has 25 heavy (non-hydrogen) atoms. The van der Waals surface area contributed by atoms with Gasteiger partial charge in [-0.2, -0.15) is 0 Å². The summed E-state index contributed by atoms with van der Waals surface area (Å²) in [5.74, 6) is 0. The predicted molar refractivity (Wildman–Crippen MR) is 104 cm³/mol. The van der Waals surface area contributed by atoms with Crippen LogP contribution >= 0.6 is 11.3 Å². The Morgan fingerprint density at radius 2 is 1.92 bits per heavy atom. The maximum absolute atomic E-state index is 9.17. The van der Waals surface area contributed by atoms with E-state index in [0.717, 1.165) is 27.0 Å². The van der Waals surface area contributed by atoms with Gasteiger partial charge < -0.3 is 15.3 Å². The molecule has 1 aliphatic rings. The van der Waals surface area contributed by atoms with Gasteiger partial charge in [0.25, 0.3) is 0 Å². The van der Waals surface area contributed by atoms with Crippen molar-refractivity contribution in [1.29, 1.82) is 0 Å². The largest absolute Gasteiger partial charge is 0.396 e. The number of thiazole rings is 1. The number of aliphatic imine (C=N–C) groups is 1. The van der Waals surface area contributed by atoms with Crippen molar-refractivity contribution in [3.8, 4) is 0 Å². The van der Waals surface area contributed by atoms with Gasteiger partial charge in [0.2, 0.25) is 0 Å². The SMILES string of the molecule is Cc1cc(C)cc(NC2N=C(c3nc(C)c(CCO)s3)C=CN2C)c1. The molecule has 6 heteroatoms. The number of hydrogen-bond donors (Lipinski definition) is 2. The summed E-state index contributed by atoms with van der Waals surface area (Å²) in [5.41, 5.74) is 5.36. The molecule has 0 amide bonds. The lowest BCUT2D eigenvalue weighted by Gasteiger charge is -2.28. The van der Waals surface area contributed by atoms with Crippen molar-refractivity contribution in [3.63, 3.8) is 0 Å². The fourth-order valence-corrected chi connectivity index (χ4v) is 3.90. The summed E-state index contributed by atoms with van der Waals surface area (Å²) in [6, 6.07) is 6.41. The number of benzene rings is 1. The molecule has 0 fully saturated rings. The first kappa shape index (κ1) is 17.6. The van der Waals surface area contributed by atoms with Gasteiger partial charge in [-0.05, 0) is 50.1 Å². The van der Waals surface area contributed by atoms with Crippen molar-refractivity contribution >= 4 is 22.7 Å². The predicted octanol–water partition coefficient (Wildman–Crippen LogP) is 3.25. The lowest BCUT2D eigenvalue weighted by molar-refractivity contribution is 0.300. The summed E-state index contributed by atoms with van der Waals surface area (Å²) in [5, 5.41) is 13.6. The Kier molecular flexibility index (Phi) is 5.20. The summed E-state index contributed by atoms with van der Waals surface area (Å²) in [6.45, 7) is 6.32. The second kappa shape index (κ2) is 7.37. The first-order valence-corrected chi connectivity index (χ1v) is 9.18. The van der Waals surface area contributed by atoms with Crippen LogP contribution in [0.1, 0.15) is 26.7 Å². The van der Waals surface area contributed by atoms with Crippen LogP contribution in [0.2, 0.25) is 0 Å². The minimum Gasteiger partial charge on any atom is -0.396 e. The molecule has 2 aromatic rings. The van der Waals surface area contributed by atoms with Crippen LogP contribution in [0.5, 0.6) is 0 Å². The van der Waals surface area contributed by atoms with E-state index in [1.165, 1.54) is 11.1 Å². The second-order valence-electron chi connectivity index (χ2n) is 6.39. The zero-order valence-electron chi connectivity index (χ0n) is 15.1. The van der Waals surface area contributed by atoms with E-state index in [0.29, 0.717) is 6.42 Å². The second-order valence-corrected chi connectivity index (χ2v) is 7.47. The Hall–Kier alpha value is -2.18. The van der Waals surface area contributed by atoms with Crippen LogP contribution in [0.15, 0.2) is 35.5 Å². The smallest absolute Gasteiger partial charge is 0.196 e. The third-order valence-electron chi connectivity index (χ3n) is 4.08. The zero-order valence-corrected chi connectivity index (χ0v) is 15.9. The molecule has 1 atom stereocenters. The maximum atomic E-state index is 9.17. The third-order valence-corrected chi connectivity index (χ3v) is 5.32. The molecule has 5 nitrogen and oxygen atoms in total. The lowest BCUT2D eigenvalue weighted by atomic mass is 10.1. The molecule has 1 unspecified atom stereocenters. The minimum absolute atomic E-state index is 0.143. The molecule has 0 saturated heterocycles.